The lowest BCUT2D eigenvalue weighted by Crippen LogP contribution is -2.55. The molecule has 2 aliphatic rings. The topological polar surface area (TPSA) is 70.7 Å². The highest BCUT2D eigenvalue weighted by Gasteiger charge is 2.42. The molecule has 0 atom stereocenters. The molecular formula is C22H20F5N3O3. The summed E-state index contributed by atoms with van der Waals surface area (Å²) < 4.78 is 70.0. The molecule has 2 N–H and O–H groups in total. The van der Waals surface area contributed by atoms with E-state index in [1.54, 1.807) is 0 Å². The van der Waals surface area contributed by atoms with Gasteiger partial charge in [0, 0.05) is 43.2 Å². The largest absolute Gasteiger partial charge is 0.432 e. The molecular weight excluding hydrogens is 449 g/mol. The van der Waals surface area contributed by atoms with Gasteiger partial charge in [0.15, 0.2) is 17.3 Å². The van der Waals surface area contributed by atoms with Crippen LogP contribution in [0.15, 0.2) is 30.3 Å². The first-order valence-electron chi connectivity index (χ1n) is 10.2. The quantitative estimate of drug-likeness (QED) is 0.650. The molecule has 4 rings (SSSR count). The minimum atomic E-state index is -3.15. The van der Waals surface area contributed by atoms with Crippen molar-refractivity contribution in [3.05, 3.63) is 58.9 Å². The first kappa shape index (κ1) is 22.8. The number of nitrogens with one attached hydrogen (secondary N) is 2. The number of carbonyl (C=O) groups excluding carboxylic acids is 2. The molecule has 0 radical (unpaired) electrons. The maximum atomic E-state index is 14.2. The van der Waals surface area contributed by atoms with Crippen LogP contribution in [-0.4, -0.2) is 42.0 Å². The Kier molecular flexibility index (Phi) is 6.13. The number of ketones is 1. The van der Waals surface area contributed by atoms with Crippen molar-refractivity contribution in [3.8, 4) is 5.75 Å². The number of anilines is 1. The van der Waals surface area contributed by atoms with Gasteiger partial charge in [-0.25, -0.2) is 18.0 Å². The van der Waals surface area contributed by atoms with Gasteiger partial charge in [-0.2, -0.15) is 8.78 Å². The van der Waals surface area contributed by atoms with Gasteiger partial charge in [-0.05, 0) is 36.6 Å². The predicted octanol–water partition coefficient (Wildman–Crippen LogP) is 4.45. The van der Waals surface area contributed by atoms with Crippen LogP contribution in [0.25, 0.3) is 0 Å². The van der Waals surface area contributed by atoms with Crippen molar-refractivity contribution in [2.45, 2.75) is 38.0 Å². The number of urea groups is 1. The highest BCUT2D eigenvalue weighted by atomic mass is 19.3. The van der Waals surface area contributed by atoms with E-state index in [1.165, 1.54) is 11.0 Å². The summed E-state index contributed by atoms with van der Waals surface area (Å²) in [5, 5.41) is 5.68. The molecule has 2 aromatic rings. The van der Waals surface area contributed by atoms with E-state index >= 15 is 0 Å². The highest BCUT2D eigenvalue weighted by Crippen LogP contribution is 2.39. The van der Waals surface area contributed by atoms with Crippen molar-refractivity contribution in [3.63, 3.8) is 0 Å². The summed E-state index contributed by atoms with van der Waals surface area (Å²) in [6, 6.07) is 4.72. The SMILES string of the molecule is O=C1CC2(CCN(C(=O)NCc3ccc(OC(F)F)c(F)c3)CC2)Nc2c(F)cc(F)cc21. The number of piperidine rings is 1. The van der Waals surface area contributed by atoms with Crippen LogP contribution in [0, 0.1) is 17.5 Å². The van der Waals surface area contributed by atoms with Gasteiger partial charge in [-0.1, -0.05) is 6.07 Å². The third-order valence-electron chi connectivity index (χ3n) is 5.91. The molecule has 2 amide bonds. The van der Waals surface area contributed by atoms with Crippen LogP contribution in [-0.2, 0) is 6.54 Å². The Morgan fingerprint density at radius 2 is 1.85 bits per heavy atom. The first-order valence-corrected chi connectivity index (χ1v) is 10.2. The average molecular weight is 469 g/mol. The van der Waals surface area contributed by atoms with Crippen LogP contribution >= 0.6 is 0 Å². The molecule has 0 aliphatic carbocycles. The second-order valence-corrected chi connectivity index (χ2v) is 8.10. The summed E-state index contributed by atoms with van der Waals surface area (Å²) in [5.74, 6) is -3.57. The lowest BCUT2D eigenvalue weighted by molar-refractivity contribution is -0.0522. The molecule has 176 valence electrons. The number of likely N-dealkylation sites (tertiary alicyclic amines) is 1. The summed E-state index contributed by atoms with van der Waals surface area (Å²) in [6.45, 7) is -2.63. The van der Waals surface area contributed by atoms with E-state index in [1.807, 2.05) is 0 Å². The maximum absolute atomic E-state index is 14.2. The molecule has 0 aromatic heterocycles. The van der Waals surface area contributed by atoms with Crippen LogP contribution in [0.3, 0.4) is 0 Å². The van der Waals surface area contributed by atoms with Gasteiger partial charge < -0.3 is 20.3 Å². The number of alkyl halides is 2. The minimum absolute atomic E-state index is 0.0181. The van der Waals surface area contributed by atoms with Gasteiger partial charge in [0.1, 0.15) is 11.6 Å². The van der Waals surface area contributed by atoms with Crippen LogP contribution in [0.2, 0.25) is 0 Å². The van der Waals surface area contributed by atoms with Crippen LogP contribution in [0.5, 0.6) is 5.75 Å². The Bertz CT molecular complexity index is 1090. The van der Waals surface area contributed by atoms with Gasteiger partial charge in [0.25, 0.3) is 0 Å². The molecule has 2 heterocycles. The highest BCUT2D eigenvalue weighted by molar-refractivity contribution is 6.04. The molecule has 2 aromatic carbocycles. The van der Waals surface area contributed by atoms with Crippen molar-refractivity contribution in [1.29, 1.82) is 0 Å². The number of rotatable bonds is 4. The molecule has 6 nitrogen and oxygen atoms in total. The zero-order valence-electron chi connectivity index (χ0n) is 17.3. The number of carbonyl (C=O) groups is 2. The number of nitrogens with zero attached hydrogens (tertiary/aromatic N) is 1. The standard InChI is InChI=1S/C22H20F5N3O3/c23-13-8-14-17(31)10-22(29-19(14)16(25)9-13)3-5-30(6-4-22)21(32)28-11-12-1-2-18(15(24)7-12)33-20(26)27/h1-2,7-9,20,29H,3-6,10-11H2,(H,28,32). The van der Waals surface area contributed by atoms with Gasteiger partial charge in [-0.3, -0.25) is 4.79 Å². The number of Topliss-reactive ketones (excluding diaryl/α,β-unsaturated/α-hetero) is 1. The summed E-state index contributed by atoms with van der Waals surface area (Å²) >= 11 is 0. The van der Waals surface area contributed by atoms with E-state index in [4.69, 9.17) is 0 Å². The van der Waals surface area contributed by atoms with Crippen LogP contribution in [0.1, 0.15) is 35.2 Å². The lowest BCUT2D eigenvalue weighted by Gasteiger charge is -2.45. The summed E-state index contributed by atoms with van der Waals surface area (Å²) in [4.78, 5) is 26.5. The van der Waals surface area contributed by atoms with Crippen LogP contribution in [0.4, 0.5) is 32.4 Å². The predicted molar refractivity (Wildman–Crippen MR) is 108 cm³/mol. The molecule has 0 saturated carbocycles. The van der Waals surface area contributed by atoms with Gasteiger partial charge >= 0.3 is 12.6 Å². The average Bonchev–Trinajstić information content (AvgIpc) is 2.75. The fourth-order valence-electron chi connectivity index (χ4n) is 4.21. The van der Waals surface area contributed by atoms with E-state index in [-0.39, 0.29) is 43.1 Å². The lowest BCUT2D eigenvalue weighted by atomic mass is 9.78. The number of hydrogen-bond donors (Lipinski definition) is 2. The van der Waals surface area contributed by atoms with E-state index in [9.17, 15) is 31.5 Å². The molecule has 11 heteroatoms. The van der Waals surface area contributed by atoms with E-state index in [2.05, 4.69) is 15.4 Å². The third kappa shape index (κ3) is 4.86. The third-order valence-corrected chi connectivity index (χ3v) is 5.91. The minimum Gasteiger partial charge on any atom is -0.432 e. The maximum Gasteiger partial charge on any atom is 0.387 e. The Balaban J connectivity index is 1.34. The van der Waals surface area contributed by atoms with Crippen LogP contribution < -0.4 is 15.4 Å². The number of hydrogen-bond acceptors (Lipinski definition) is 4. The Morgan fingerprint density at radius 3 is 2.52 bits per heavy atom. The Morgan fingerprint density at radius 1 is 1.12 bits per heavy atom. The summed E-state index contributed by atoms with van der Waals surface area (Å²) in [5.41, 5.74) is -0.416. The second kappa shape index (κ2) is 8.87. The smallest absolute Gasteiger partial charge is 0.387 e. The Hall–Kier alpha value is -3.37. The Labute approximate surface area is 185 Å². The molecule has 33 heavy (non-hydrogen) atoms. The molecule has 1 fully saturated rings. The zero-order chi connectivity index (χ0) is 23.8. The fraction of sp³-hybridized carbons (Fsp3) is 0.364. The number of benzene rings is 2. The van der Waals surface area contributed by atoms with Gasteiger partial charge in [-0.15, -0.1) is 0 Å². The molecule has 2 aliphatic heterocycles. The zero-order valence-corrected chi connectivity index (χ0v) is 17.3. The first-order chi connectivity index (χ1) is 15.7. The molecule has 1 saturated heterocycles. The summed E-state index contributed by atoms with van der Waals surface area (Å²) in [6.07, 6.45) is 0.804. The number of amides is 2. The van der Waals surface area contributed by atoms with Gasteiger partial charge in [0.05, 0.1) is 5.69 Å². The molecule has 0 unspecified atom stereocenters. The summed E-state index contributed by atoms with van der Waals surface area (Å²) in [7, 11) is 0. The van der Waals surface area contributed by atoms with E-state index in [0.29, 0.717) is 18.4 Å². The normalized spacial score (nSPS) is 17.0. The second-order valence-electron chi connectivity index (χ2n) is 8.10. The fourth-order valence-corrected chi connectivity index (χ4v) is 4.21. The van der Waals surface area contributed by atoms with E-state index < -0.39 is 41.4 Å². The monoisotopic (exact) mass is 469 g/mol. The number of halogens is 5. The van der Waals surface area contributed by atoms with Crippen molar-refractivity contribution in [2.75, 3.05) is 18.4 Å². The van der Waals surface area contributed by atoms with Crippen molar-refractivity contribution in [1.82, 2.24) is 10.2 Å². The van der Waals surface area contributed by atoms with Crippen molar-refractivity contribution < 1.29 is 36.3 Å². The number of ether oxygens (including phenoxy) is 1. The van der Waals surface area contributed by atoms with Crippen molar-refractivity contribution in [2.24, 2.45) is 0 Å². The molecule has 0 bridgehead atoms. The number of fused-ring (bicyclic) bond motifs is 1. The van der Waals surface area contributed by atoms with Gasteiger partial charge in [0.2, 0.25) is 0 Å². The van der Waals surface area contributed by atoms with E-state index in [0.717, 1.165) is 24.3 Å². The molecule has 1 spiro atoms. The van der Waals surface area contributed by atoms with Crippen molar-refractivity contribution >= 4 is 17.5 Å².